The highest BCUT2D eigenvalue weighted by Crippen LogP contribution is 2.39. The first-order chi connectivity index (χ1) is 21.7. The van der Waals surface area contributed by atoms with E-state index in [1.165, 1.54) is 30.7 Å². The third kappa shape index (κ3) is 6.87. The lowest BCUT2D eigenvalue weighted by Crippen LogP contribution is -2.44. The average Bonchev–Trinajstić information content (AvgIpc) is 3.01. The standard InChI is InChI=1S/C32H32F3N7O3/c1-3-30(43)42-10-7-19(8-11-42)39-27-14-23-26(15-28(27)44-2)37-18-38-31(23)41-25-5-4-21(12-24(25)33)45-22-6-9-36-29(13-22)40-20-16-32(34,35)17-20/h3-6,9,12-15,18-20,39H,1,7-8,10-11,16-17H2,2H3,(H,36,40)(H,37,38,41). The van der Waals surface area contributed by atoms with Crippen LogP contribution < -0.4 is 25.4 Å². The van der Waals surface area contributed by atoms with Crippen molar-refractivity contribution in [3.63, 3.8) is 0 Å². The highest BCUT2D eigenvalue weighted by atomic mass is 19.3. The minimum Gasteiger partial charge on any atom is -0.495 e. The first-order valence-corrected chi connectivity index (χ1v) is 14.5. The number of pyridine rings is 1. The molecular weight excluding hydrogens is 587 g/mol. The normalized spacial score (nSPS) is 16.5. The van der Waals surface area contributed by atoms with Crippen LogP contribution in [0.5, 0.6) is 17.2 Å². The van der Waals surface area contributed by atoms with Gasteiger partial charge in [0, 0.05) is 67.8 Å². The van der Waals surface area contributed by atoms with E-state index < -0.39 is 11.7 Å². The first kappa shape index (κ1) is 30.0. The van der Waals surface area contributed by atoms with Crippen LogP contribution >= 0.6 is 0 Å². The lowest BCUT2D eigenvalue weighted by Gasteiger charge is -2.35. The largest absolute Gasteiger partial charge is 0.495 e. The molecule has 6 rings (SSSR count). The zero-order valence-electron chi connectivity index (χ0n) is 24.5. The third-order valence-electron chi connectivity index (χ3n) is 7.90. The van der Waals surface area contributed by atoms with E-state index in [0.717, 1.165) is 18.5 Å². The summed E-state index contributed by atoms with van der Waals surface area (Å²) in [6.45, 7) is 4.80. The second-order valence-electron chi connectivity index (χ2n) is 11.1. The molecule has 1 saturated carbocycles. The Balaban J connectivity index is 1.16. The number of nitrogens with one attached hydrogen (secondary N) is 3. The van der Waals surface area contributed by atoms with Gasteiger partial charge in [0.15, 0.2) is 0 Å². The summed E-state index contributed by atoms with van der Waals surface area (Å²) in [6.07, 6.45) is 5.24. The fourth-order valence-electron chi connectivity index (χ4n) is 5.51. The highest BCUT2D eigenvalue weighted by Gasteiger charge is 2.45. The molecule has 2 aliphatic rings. The summed E-state index contributed by atoms with van der Waals surface area (Å²) in [5, 5.41) is 10.2. The predicted molar refractivity (Wildman–Crippen MR) is 165 cm³/mol. The number of likely N-dealkylation sites (tertiary alicyclic amines) is 1. The van der Waals surface area contributed by atoms with Crippen LogP contribution in [0.2, 0.25) is 0 Å². The second-order valence-corrected chi connectivity index (χ2v) is 11.1. The highest BCUT2D eigenvalue weighted by molar-refractivity contribution is 5.95. The summed E-state index contributed by atoms with van der Waals surface area (Å²) < 4.78 is 53.1. The summed E-state index contributed by atoms with van der Waals surface area (Å²) in [6, 6.07) is 11.0. The summed E-state index contributed by atoms with van der Waals surface area (Å²) in [7, 11) is 1.58. The number of anilines is 4. The molecule has 10 nitrogen and oxygen atoms in total. The van der Waals surface area contributed by atoms with Crippen LogP contribution in [-0.2, 0) is 4.79 Å². The smallest absolute Gasteiger partial charge is 0.252 e. The number of hydrogen-bond donors (Lipinski definition) is 3. The molecule has 13 heteroatoms. The lowest BCUT2D eigenvalue weighted by molar-refractivity contribution is -0.126. The van der Waals surface area contributed by atoms with Crippen LogP contribution in [-0.4, -0.2) is 64.0 Å². The maximum absolute atomic E-state index is 15.3. The van der Waals surface area contributed by atoms with Gasteiger partial charge in [-0.2, -0.15) is 0 Å². The van der Waals surface area contributed by atoms with Crippen molar-refractivity contribution in [3.8, 4) is 17.2 Å². The van der Waals surface area contributed by atoms with E-state index >= 15 is 4.39 Å². The van der Waals surface area contributed by atoms with Gasteiger partial charge in [-0.25, -0.2) is 28.1 Å². The van der Waals surface area contributed by atoms with Crippen molar-refractivity contribution in [3.05, 3.63) is 73.5 Å². The number of halogens is 3. The van der Waals surface area contributed by atoms with Gasteiger partial charge in [-0.15, -0.1) is 0 Å². The Bertz CT molecular complexity index is 1720. The third-order valence-corrected chi connectivity index (χ3v) is 7.90. The van der Waals surface area contributed by atoms with Crippen LogP contribution in [0.3, 0.4) is 0 Å². The minimum atomic E-state index is -2.64. The van der Waals surface area contributed by atoms with Gasteiger partial charge in [0.05, 0.1) is 24.0 Å². The maximum Gasteiger partial charge on any atom is 0.252 e. The number of amides is 1. The number of nitrogens with zero attached hydrogens (tertiary/aromatic N) is 4. The first-order valence-electron chi connectivity index (χ1n) is 14.5. The molecule has 2 aromatic heterocycles. The van der Waals surface area contributed by atoms with Gasteiger partial charge < -0.3 is 30.3 Å². The molecular formula is C32H32F3N7O3. The Hall–Kier alpha value is -5.07. The Morgan fingerprint density at radius 2 is 1.78 bits per heavy atom. The molecule has 0 atom stereocenters. The molecule has 3 N–H and O–H groups in total. The van der Waals surface area contributed by atoms with E-state index in [0.29, 0.717) is 47.1 Å². The molecule has 45 heavy (non-hydrogen) atoms. The average molecular weight is 620 g/mol. The molecule has 2 fully saturated rings. The predicted octanol–water partition coefficient (Wildman–Crippen LogP) is 6.51. The zero-order chi connectivity index (χ0) is 31.6. The summed E-state index contributed by atoms with van der Waals surface area (Å²) in [5.74, 6) is -1.26. The fraction of sp³-hybridized carbons (Fsp3) is 0.312. The molecule has 1 saturated heterocycles. The van der Waals surface area contributed by atoms with Gasteiger partial charge in [-0.3, -0.25) is 4.79 Å². The van der Waals surface area contributed by atoms with Gasteiger partial charge in [-0.1, -0.05) is 6.58 Å². The molecule has 1 amide bonds. The molecule has 0 bridgehead atoms. The van der Waals surface area contributed by atoms with E-state index in [1.54, 1.807) is 36.3 Å². The van der Waals surface area contributed by atoms with Gasteiger partial charge in [0.2, 0.25) is 5.91 Å². The number of ether oxygens (including phenoxy) is 2. The van der Waals surface area contributed by atoms with Crippen molar-refractivity contribution < 1.29 is 27.4 Å². The number of carbonyl (C=O) groups excluding carboxylic acids is 1. The van der Waals surface area contributed by atoms with Crippen LogP contribution in [0.15, 0.2) is 67.6 Å². The number of benzene rings is 2. The molecule has 3 heterocycles. The second kappa shape index (κ2) is 12.5. The fourth-order valence-corrected chi connectivity index (χ4v) is 5.51. The minimum absolute atomic E-state index is 0.0730. The van der Waals surface area contributed by atoms with Crippen molar-refractivity contribution in [1.82, 2.24) is 19.9 Å². The molecule has 0 radical (unpaired) electrons. The van der Waals surface area contributed by atoms with Gasteiger partial charge in [0.25, 0.3) is 5.92 Å². The Morgan fingerprint density at radius 1 is 1.00 bits per heavy atom. The maximum atomic E-state index is 15.3. The van der Waals surface area contributed by atoms with Gasteiger partial charge >= 0.3 is 0 Å². The van der Waals surface area contributed by atoms with Crippen LogP contribution in [0, 0.1) is 5.82 Å². The summed E-state index contributed by atoms with van der Waals surface area (Å²) in [4.78, 5) is 26.6. The van der Waals surface area contributed by atoms with Crippen LogP contribution in [0.1, 0.15) is 25.7 Å². The van der Waals surface area contributed by atoms with E-state index in [9.17, 15) is 13.6 Å². The van der Waals surface area contributed by atoms with Crippen LogP contribution in [0.4, 0.5) is 36.2 Å². The number of hydrogen-bond acceptors (Lipinski definition) is 9. The number of aromatic nitrogens is 3. The van der Waals surface area contributed by atoms with E-state index in [-0.39, 0.29) is 42.3 Å². The Labute approximate surface area is 257 Å². The number of carbonyl (C=O) groups is 1. The molecule has 2 aromatic carbocycles. The zero-order valence-corrected chi connectivity index (χ0v) is 24.5. The number of alkyl halides is 2. The Kier molecular flexibility index (Phi) is 8.33. The lowest BCUT2D eigenvalue weighted by atomic mass is 9.88. The monoisotopic (exact) mass is 619 g/mol. The summed E-state index contributed by atoms with van der Waals surface area (Å²) >= 11 is 0. The number of fused-ring (bicyclic) bond motifs is 1. The Morgan fingerprint density at radius 3 is 2.49 bits per heavy atom. The van der Waals surface area contributed by atoms with Gasteiger partial charge in [-0.05, 0) is 43.2 Å². The molecule has 0 unspecified atom stereocenters. The van der Waals surface area contributed by atoms with Crippen molar-refractivity contribution >= 4 is 39.8 Å². The van der Waals surface area contributed by atoms with Crippen molar-refractivity contribution in [2.75, 3.05) is 36.1 Å². The quantitative estimate of drug-likeness (QED) is 0.171. The van der Waals surface area contributed by atoms with Gasteiger partial charge in [0.1, 0.15) is 41.0 Å². The molecule has 234 valence electrons. The topological polar surface area (TPSA) is 114 Å². The SMILES string of the molecule is C=CC(=O)N1CCC(Nc2cc3c(Nc4ccc(Oc5ccnc(NC6CC(F)(F)C6)c5)cc4F)ncnc3cc2OC)CC1. The number of rotatable bonds is 10. The van der Waals surface area contributed by atoms with E-state index in [1.807, 2.05) is 6.07 Å². The summed E-state index contributed by atoms with van der Waals surface area (Å²) in [5.41, 5.74) is 1.52. The molecule has 1 aliphatic heterocycles. The van der Waals surface area contributed by atoms with Crippen molar-refractivity contribution in [2.24, 2.45) is 0 Å². The van der Waals surface area contributed by atoms with Crippen molar-refractivity contribution in [1.29, 1.82) is 0 Å². The van der Waals surface area contributed by atoms with Crippen molar-refractivity contribution in [2.45, 2.75) is 43.7 Å². The van der Waals surface area contributed by atoms with Crippen LogP contribution in [0.25, 0.3) is 10.9 Å². The number of piperidine rings is 1. The molecule has 4 aromatic rings. The molecule has 1 aliphatic carbocycles. The van der Waals surface area contributed by atoms with E-state index in [4.69, 9.17) is 9.47 Å². The van der Waals surface area contributed by atoms with E-state index in [2.05, 4.69) is 37.5 Å². The molecule has 0 spiro atoms. The number of methoxy groups -OCH3 is 1.